The van der Waals surface area contributed by atoms with E-state index in [2.05, 4.69) is 114 Å². The zero-order chi connectivity index (χ0) is 24.4. The first-order chi connectivity index (χ1) is 15.3. The minimum Gasteiger partial charge on any atom is -0.340 e. The molecular formula is C30H44N2O. The van der Waals surface area contributed by atoms with Crippen molar-refractivity contribution in [3.05, 3.63) is 70.8 Å². The summed E-state index contributed by atoms with van der Waals surface area (Å²) >= 11 is 0. The molecule has 33 heavy (non-hydrogen) atoms. The van der Waals surface area contributed by atoms with Crippen LogP contribution in [0.1, 0.15) is 70.7 Å². The highest BCUT2D eigenvalue weighted by Crippen LogP contribution is 2.33. The van der Waals surface area contributed by atoms with E-state index in [9.17, 15) is 4.79 Å². The number of rotatable bonds is 5. The highest BCUT2D eigenvalue weighted by atomic mass is 16.2. The summed E-state index contributed by atoms with van der Waals surface area (Å²) in [5.74, 6) is 0.287. The van der Waals surface area contributed by atoms with E-state index in [4.69, 9.17) is 0 Å². The van der Waals surface area contributed by atoms with Crippen LogP contribution in [0.15, 0.2) is 48.5 Å². The quantitative estimate of drug-likeness (QED) is 0.573. The van der Waals surface area contributed by atoms with Gasteiger partial charge < -0.3 is 9.80 Å². The van der Waals surface area contributed by atoms with Gasteiger partial charge in [-0.15, -0.1) is 0 Å². The molecule has 3 nitrogen and oxygen atoms in total. The van der Waals surface area contributed by atoms with Crippen LogP contribution in [0, 0.1) is 5.41 Å². The maximum Gasteiger partial charge on any atom is 0.229 e. The number of amides is 1. The van der Waals surface area contributed by atoms with Gasteiger partial charge in [0.25, 0.3) is 0 Å². The molecule has 0 atom stereocenters. The summed E-state index contributed by atoms with van der Waals surface area (Å²) < 4.78 is 0. The lowest BCUT2D eigenvalue weighted by molar-refractivity contribution is -0.143. The molecule has 0 spiro atoms. The average molecular weight is 449 g/mol. The fourth-order valence-corrected chi connectivity index (χ4v) is 4.75. The predicted molar refractivity (Wildman–Crippen MR) is 140 cm³/mol. The number of nitrogens with zero attached hydrogens (tertiary/aromatic N) is 2. The number of hydrogen-bond donors (Lipinski definition) is 0. The second kappa shape index (κ2) is 9.62. The van der Waals surface area contributed by atoms with Gasteiger partial charge >= 0.3 is 0 Å². The van der Waals surface area contributed by atoms with Gasteiger partial charge in [0.15, 0.2) is 0 Å². The van der Waals surface area contributed by atoms with Gasteiger partial charge in [0.1, 0.15) is 0 Å². The van der Waals surface area contributed by atoms with Gasteiger partial charge in [-0.3, -0.25) is 4.79 Å². The third-order valence-electron chi connectivity index (χ3n) is 7.14. The molecule has 3 heteroatoms. The molecule has 1 aliphatic heterocycles. The van der Waals surface area contributed by atoms with Crippen LogP contribution in [0.4, 0.5) is 0 Å². The lowest BCUT2D eigenvalue weighted by Gasteiger charge is -2.39. The topological polar surface area (TPSA) is 23.6 Å². The third-order valence-corrected chi connectivity index (χ3v) is 7.14. The summed E-state index contributed by atoms with van der Waals surface area (Å²) in [7, 11) is 2.13. The highest BCUT2D eigenvalue weighted by molar-refractivity contribution is 5.83. The molecule has 1 saturated heterocycles. The number of likely N-dealkylation sites (N-methyl/N-ethyl adjacent to an activating group) is 1. The first-order valence-electron chi connectivity index (χ1n) is 12.4. The Bertz CT molecular complexity index is 862. The number of hydrogen-bond acceptors (Lipinski definition) is 2. The fraction of sp³-hybridized carbons (Fsp3) is 0.567. The van der Waals surface area contributed by atoms with Crippen LogP contribution in [-0.2, 0) is 28.5 Å². The third kappa shape index (κ3) is 6.47. The predicted octanol–water partition coefficient (Wildman–Crippen LogP) is 5.85. The van der Waals surface area contributed by atoms with Crippen molar-refractivity contribution in [3.63, 3.8) is 0 Å². The molecule has 0 radical (unpaired) electrons. The van der Waals surface area contributed by atoms with Crippen LogP contribution in [0.25, 0.3) is 0 Å². The molecule has 1 heterocycles. The van der Waals surface area contributed by atoms with E-state index in [0.717, 1.165) is 39.0 Å². The summed E-state index contributed by atoms with van der Waals surface area (Å²) in [5.41, 5.74) is 4.92. The maximum atomic E-state index is 13.9. The minimum absolute atomic E-state index is 0.131. The van der Waals surface area contributed by atoms with Crippen molar-refractivity contribution in [2.75, 3.05) is 33.2 Å². The Labute approximate surface area is 202 Å². The summed E-state index contributed by atoms with van der Waals surface area (Å²) in [6, 6.07) is 17.8. The first-order valence-corrected chi connectivity index (χ1v) is 12.4. The normalized spacial score (nSPS) is 16.2. The van der Waals surface area contributed by atoms with Crippen LogP contribution in [0.5, 0.6) is 0 Å². The zero-order valence-electron chi connectivity index (χ0n) is 22.2. The molecule has 180 valence electrons. The number of benzene rings is 2. The molecule has 1 amide bonds. The molecule has 0 unspecified atom stereocenters. The van der Waals surface area contributed by atoms with E-state index >= 15 is 0 Å². The standard InChI is InChI=1S/C30H44N2O/c1-28(2,3)25-13-9-23(10-14-25)21-30(7,27(33)32-19-17-31(8)18-20-32)22-24-11-15-26(16-12-24)29(4,5)6/h9-16H,17-22H2,1-8H3. The SMILES string of the molecule is CN1CCN(C(=O)C(C)(Cc2ccc(C(C)(C)C)cc2)Cc2ccc(C(C)(C)C)cc2)CC1. The fourth-order valence-electron chi connectivity index (χ4n) is 4.75. The summed E-state index contributed by atoms with van der Waals surface area (Å²) in [6.45, 7) is 19.1. The van der Waals surface area contributed by atoms with Crippen LogP contribution in [0.2, 0.25) is 0 Å². The Morgan fingerprint density at radius 2 is 1.03 bits per heavy atom. The first kappa shape index (κ1) is 25.5. The minimum atomic E-state index is -0.470. The van der Waals surface area contributed by atoms with E-state index in [-0.39, 0.29) is 16.7 Å². The van der Waals surface area contributed by atoms with Crippen molar-refractivity contribution in [1.82, 2.24) is 9.80 Å². The molecule has 2 aromatic rings. The Morgan fingerprint density at radius 1 is 0.667 bits per heavy atom. The lowest BCUT2D eigenvalue weighted by Crippen LogP contribution is -2.52. The van der Waals surface area contributed by atoms with Gasteiger partial charge in [-0.2, -0.15) is 0 Å². The molecule has 2 aromatic carbocycles. The smallest absolute Gasteiger partial charge is 0.229 e. The van der Waals surface area contributed by atoms with E-state index in [1.54, 1.807) is 0 Å². The van der Waals surface area contributed by atoms with Crippen molar-refractivity contribution in [2.24, 2.45) is 5.41 Å². The van der Waals surface area contributed by atoms with Gasteiger partial charge in [0, 0.05) is 26.2 Å². The molecule has 0 saturated carbocycles. The zero-order valence-corrected chi connectivity index (χ0v) is 22.2. The van der Waals surface area contributed by atoms with Gasteiger partial charge in [-0.1, -0.05) is 97.0 Å². The number of piperazine rings is 1. The monoisotopic (exact) mass is 448 g/mol. The Balaban J connectivity index is 1.87. The van der Waals surface area contributed by atoms with Crippen molar-refractivity contribution in [1.29, 1.82) is 0 Å². The van der Waals surface area contributed by atoms with E-state index in [1.165, 1.54) is 22.3 Å². The van der Waals surface area contributed by atoms with Crippen LogP contribution in [0.3, 0.4) is 0 Å². The van der Waals surface area contributed by atoms with Crippen LogP contribution < -0.4 is 0 Å². The second-order valence-electron chi connectivity index (χ2n) is 12.4. The Kier molecular flexibility index (Phi) is 7.43. The van der Waals surface area contributed by atoms with Gasteiger partial charge in [-0.05, 0) is 53.0 Å². The van der Waals surface area contributed by atoms with E-state index in [1.807, 2.05) is 0 Å². The molecule has 1 aliphatic rings. The van der Waals surface area contributed by atoms with Crippen LogP contribution >= 0.6 is 0 Å². The van der Waals surface area contributed by atoms with Crippen molar-refractivity contribution < 1.29 is 4.79 Å². The average Bonchev–Trinajstić information content (AvgIpc) is 2.73. The molecule has 3 rings (SSSR count). The molecule has 1 fully saturated rings. The number of carbonyl (C=O) groups is 1. The van der Waals surface area contributed by atoms with Gasteiger partial charge in [-0.25, -0.2) is 0 Å². The molecule has 0 aromatic heterocycles. The second-order valence-corrected chi connectivity index (χ2v) is 12.4. The Morgan fingerprint density at radius 3 is 1.36 bits per heavy atom. The summed E-state index contributed by atoms with van der Waals surface area (Å²) in [4.78, 5) is 18.3. The molecule has 0 aliphatic carbocycles. The largest absolute Gasteiger partial charge is 0.340 e. The van der Waals surface area contributed by atoms with Crippen molar-refractivity contribution in [2.45, 2.75) is 72.1 Å². The number of carbonyl (C=O) groups excluding carboxylic acids is 1. The Hall–Kier alpha value is -2.13. The highest BCUT2D eigenvalue weighted by Gasteiger charge is 2.38. The van der Waals surface area contributed by atoms with Gasteiger partial charge in [0.2, 0.25) is 5.91 Å². The van der Waals surface area contributed by atoms with Crippen molar-refractivity contribution >= 4 is 5.91 Å². The molecular weight excluding hydrogens is 404 g/mol. The summed E-state index contributed by atoms with van der Waals surface area (Å²) in [5, 5.41) is 0. The van der Waals surface area contributed by atoms with E-state index in [0.29, 0.717) is 0 Å². The molecule has 0 N–H and O–H groups in total. The lowest BCUT2D eigenvalue weighted by atomic mass is 9.76. The molecule has 0 bridgehead atoms. The maximum absolute atomic E-state index is 13.9. The van der Waals surface area contributed by atoms with E-state index < -0.39 is 5.41 Å². The van der Waals surface area contributed by atoms with Crippen molar-refractivity contribution in [3.8, 4) is 0 Å². The van der Waals surface area contributed by atoms with Gasteiger partial charge in [0.05, 0.1) is 5.41 Å². The summed E-state index contributed by atoms with van der Waals surface area (Å²) in [6.07, 6.45) is 1.51. The van der Waals surface area contributed by atoms with Crippen LogP contribution in [-0.4, -0.2) is 48.9 Å².